The van der Waals surface area contributed by atoms with Crippen molar-refractivity contribution in [2.75, 3.05) is 0 Å². The van der Waals surface area contributed by atoms with Gasteiger partial charge in [-0.15, -0.1) is 0 Å². The summed E-state index contributed by atoms with van der Waals surface area (Å²) in [5.74, 6) is -2.19. The molecular formula is C19H18FN3O7. The molecule has 0 aliphatic heterocycles. The second-order valence-electron chi connectivity index (χ2n) is 6.59. The summed E-state index contributed by atoms with van der Waals surface area (Å²) in [5.41, 5.74) is -1.13. The monoisotopic (exact) mass is 419 g/mol. The van der Waals surface area contributed by atoms with Crippen molar-refractivity contribution in [1.82, 2.24) is 5.32 Å². The molecule has 1 N–H and O–H groups in total. The van der Waals surface area contributed by atoms with Crippen LogP contribution < -0.4 is 5.32 Å². The van der Waals surface area contributed by atoms with Crippen molar-refractivity contribution in [3.8, 4) is 0 Å². The van der Waals surface area contributed by atoms with Crippen molar-refractivity contribution in [2.45, 2.75) is 32.4 Å². The molecule has 1 atom stereocenters. The summed E-state index contributed by atoms with van der Waals surface area (Å²) < 4.78 is 18.2. The molecule has 0 unspecified atom stereocenters. The highest BCUT2D eigenvalue weighted by Gasteiger charge is 2.26. The molecule has 2 aromatic carbocycles. The van der Waals surface area contributed by atoms with E-state index in [4.69, 9.17) is 4.74 Å². The lowest BCUT2D eigenvalue weighted by Crippen LogP contribution is -2.44. The molecule has 0 saturated heterocycles. The van der Waals surface area contributed by atoms with Gasteiger partial charge in [0.1, 0.15) is 11.9 Å². The molecule has 0 saturated carbocycles. The molecule has 0 heterocycles. The molecule has 0 aliphatic carbocycles. The number of halogens is 1. The van der Waals surface area contributed by atoms with Gasteiger partial charge in [-0.05, 0) is 31.5 Å². The highest BCUT2D eigenvalue weighted by Crippen LogP contribution is 2.23. The number of esters is 1. The zero-order valence-electron chi connectivity index (χ0n) is 16.0. The van der Waals surface area contributed by atoms with E-state index in [9.17, 15) is 34.2 Å². The number of non-ortho nitro benzene ring substituents is 2. The van der Waals surface area contributed by atoms with E-state index in [1.165, 1.54) is 24.3 Å². The number of hydrogen-bond donors (Lipinski definition) is 1. The molecule has 0 aromatic heterocycles. The van der Waals surface area contributed by atoms with Crippen LogP contribution in [0.15, 0.2) is 42.5 Å². The van der Waals surface area contributed by atoms with E-state index < -0.39 is 51.1 Å². The van der Waals surface area contributed by atoms with Gasteiger partial charge in [-0.3, -0.25) is 25.0 Å². The maximum atomic E-state index is 13.1. The van der Waals surface area contributed by atoms with Crippen molar-refractivity contribution in [3.05, 3.63) is 79.6 Å². The maximum Gasteiger partial charge on any atom is 0.329 e. The first-order valence-electron chi connectivity index (χ1n) is 8.76. The summed E-state index contributed by atoms with van der Waals surface area (Å²) in [6.07, 6.45) is -0.529. The minimum absolute atomic E-state index is 0.0470. The number of ether oxygens (including phenoxy) is 1. The topological polar surface area (TPSA) is 142 Å². The van der Waals surface area contributed by atoms with Gasteiger partial charge in [-0.1, -0.05) is 12.1 Å². The number of nitro benzene ring substituents is 2. The SMILES string of the molecule is CC(C)OC(=O)[C@H](Cc1ccc(F)cc1)NC(=O)c1cc([N+](=O)[O-])cc([N+](=O)[O-])c1. The predicted octanol–water partition coefficient (Wildman–Crippen LogP) is 2.93. The first-order chi connectivity index (χ1) is 14.1. The van der Waals surface area contributed by atoms with Crippen LogP contribution in [0.3, 0.4) is 0 Å². The van der Waals surface area contributed by atoms with Gasteiger partial charge >= 0.3 is 5.97 Å². The second kappa shape index (κ2) is 9.54. The van der Waals surface area contributed by atoms with Crippen LogP contribution in [0.1, 0.15) is 29.8 Å². The Kier molecular flexibility index (Phi) is 7.13. The second-order valence-corrected chi connectivity index (χ2v) is 6.59. The van der Waals surface area contributed by atoms with Gasteiger partial charge in [0.15, 0.2) is 0 Å². The normalized spacial score (nSPS) is 11.6. The van der Waals surface area contributed by atoms with E-state index in [0.29, 0.717) is 5.56 Å². The number of nitro groups is 2. The third kappa shape index (κ3) is 6.06. The zero-order valence-corrected chi connectivity index (χ0v) is 16.0. The van der Waals surface area contributed by atoms with Gasteiger partial charge in [0, 0.05) is 18.6 Å². The first-order valence-corrected chi connectivity index (χ1v) is 8.76. The van der Waals surface area contributed by atoms with Crippen molar-refractivity contribution >= 4 is 23.3 Å². The van der Waals surface area contributed by atoms with E-state index in [1.807, 2.05) is 0 Å². The van der Waals surface area contributed by atoms with E-state index in [0.717, 1.165) is 18.2 Å². The molecule has 0 spiro atoms. The van der Waals surface area contributed by atoms with Crippen LogP contribution in [0, 0.1) is 26.0 Å². The molecular weight excluding hydrogens is 401 g/mol. The summed E-state index contributed by atoms with van der Waals surface area (Å²) in [6.45, 7) is 3.22. The number of nitrogens with one attached hydrogen (secondary N) is 1. The number of rotatable bonds is 8. The van der Waals surface area contributed by atoms with Crippen LogP contribution in [-0.2, 0) is 16.0 Å². The van der Waals surface area contributed by atoms with E-state index in [2.05, 4.69) is 5.32 Å². The maximum absolute atomic E-state index is 13.1. The summed E-state index contributed by atoms with van der Waals surface area (Å²) in [4.78, 5) is 45.3. The summed E-state index contributed by atoms with van der Waals surface area (Å²) >= 11 is 0. The fraction of sp³-hybridized carbons (Fsp3) is 0.263. The molecule has 30 heavy (non-hydrogen) atoms. The Morgan fingerprint density at radius 2 is 1.57 bits per heavy atom. The number of nitrogens with zero attached hydrogens (tertiary/aromatic N) is 2. The fourth-order valence-electron chi connectivity index (χ4n) is 2.54. The smallest absolute Gasteiger partial charge is 0.329 e. The molecule has 0 aliphatic rings. The van der Waals surface area contributed by atoms with Gasteiger partial charge in [-0.2, -0.15) is 0 Å². The zero-order chi connectivity index (χ0) is 22.4. The molecule has 1 amide bonds. The number of hydrogen-bond acceptors (Lipinski definition) is 7. The number of amides is 1. The average molecular weight is 419 g/mol. The minimum atomic E-state index is -1.20. The predicted molar refractivity (Wildman–Crippen MR) is 102 cm³/mol. The van der Waals surface area contributed by atoms with E-state index in [1.54, 1.807) is 13.8 Å². The first kappa shape index (κ1) is 22.4. The molecule has 0 bridgehead atoms. The summed E-state index contributed by atoms with van der Waals surface area (Å²) in [7, 11) is 0. The van der Waals surface area contributed by atoms with Crippen LogP contribution in [-0.4, -0.2) is 33.9 Å². The Hall–Kier alpha value is -3.89. The third-order valence-electron chi connectivity index (χ3n) is 3.88. The van der Waals surface area contributed by atoms with Crippen LogP contribution in [0.25, 0.3) is 0 Å². The van der Waals surface area contributed by atoms with Gasteiger partial charge in [0.05, 0.1) is 27.6 Å². The molecule has 2 rings (SSSR count). The van der Waals surface area contributed by atoms with Gasteiger partial charge in [-0.25, -0.2) is 9.18 Å². The van der Waals surface area contributed by atoms with Gasteiger partial charge < -0.3 is 10.1 Å². The standard InChI is InChI=1S/C19H18FN3O7/c1-11(2)30-19(25)17(7-12-3-5-14(20)6-4-12)21-18(24)13-8-15(22(26)27)10-16(9-13)23(28)29/h3-6,8-11,17H,7H2,1-2H3,(H,21,24)/t17-/m0/s1. The van der Waals surface area contributed by atoms with Gasteiger partial charge in [0.2, 0.25) is 0 Å². The largest absolute Gasteiger partial charge is 0.461 e. The highest BCUT2D eigenvalue weighted by molar-refractivity contribution is 5.98. The average Bonchev–Trinajstić information content (AvgIpc) is 2.68. The number of benzene rings is 2. The highest BCUT2D eigenvalue weighted by atomic mass is 19.1. The van der Waals surface area contributed by atoms with E-state index >= 15 is 0 Å². The van der Waals surface area contributed by atoms with Crippen molar-refractivity contribution < 1.29 is 28.6 Å². The molecule has 158 valence electrons. The number of carbonyl (C=O) groups excluding carboxylic acids is 2. The van der Waals surface area contributed by atoms with Crippen molar-refractivity contribution in [2.24, 2.45) is 0 Å². The molecule has 2 aromatic rings. The lowest BCUT2D eigenvalue weighted by atomic mass is 10.0. The Labute approximate surface area is 170 Å². The quantitative estimate of drug-likeness (QED) is 0.394. The van der Waals surface area contributed by atoms with Crippen LogP contribution in [0.4, 0.5) is 15.8 Å². The third-order valence-corrected chi connectivity index (χ3v) is 3.88. The molecule has 0 fully saturated rings. The Morgan fingerprint density at radius 3 is 2.03 bits per heavy atom. The van der Waals surface area contributed by atoms with E-state index in [-0.39, 0.29) is 12.0 Å². The lowest BCUT2D eigenvalue weighted by molar-refractivity contribution is -0.394. The molecule has 11 heteroatoms. The lowest BCUT2D eigenvalue weighted by Gasteiger charge is -2.19. The fourth-order valence-corrected chi connectivity index (χ4v) is 2.54. The minimum Gasteiger partial charge on any atom is -0.461 e. The molecule has 10 nitrogen and oxygen atoms in total. The Morgan fingerprint density at radius 1 is 1.03 bits per heavy atom. The molecule has 0 radical (unpaired) electrons. The van der Waals surface area contributed by atoms with Crippen molar-refractivity contribution in [3.63, 3.8) is 0 Å². The summed E-state index contributed by atoms with van der Waals surface area (Å²) in [5, 5.41) is 24.4. The summed E-state index contributed by atoms with van der Waals surface area (Å²) in [6, 6.07) is 6.47. The van der Waals surface area contributed by atoms with Crippen LogP contribution in [0.2, 0.25) is 0 Å². The Balaban J connectivity index is 2.32. The van der Waals surface area contributed by atoms with Gasteiger partial charge in [0.25, 0.3) is 17.3 Å². The van der Waals surface area contributed by atoms with Crippen LogP contribution in [0.5, 0.6) is 0 Å². The Bertz CT molecular complexity index is 944. The van der Waals surface area contributed by atoms with Crippen molar-refractivity contribution in [1.29, 1.82) is 0 Å². The van der Waals surface area contributed by atoms with Crippen LogP contribution >= 0.6 is 0 Å². The number of carbonyl (C=O) groups is 2.